The van der Waals surface area contributed by atoms with Gasteiger partial charge in [0, 0.05) is 17.9 Å². The molecule has 0 spiro atoms. The lowest BCUT2D eigenvalue weighted by atomic mass is 10.1. The van der Waals surface area contributed by atoms with Gasteiger partial charge in [-0.3, -0.25) is 0 Å². The lowest BCUT2D eigenvalue weighted by Gasteiger charge is -2.06. The van der Waals surface area contributed by atoms with Crippen LogP contribution in [0, 0.1) is 11.8 Å². The molecule has 4 heteroatoms. The first kappa shape index (κ1) is 14.6. The number of fused-ring (bicyclic) bond motifs is 1. The van der Waals surface area contributed by atoms with E-state index in [2.05, 4.69) is 11.8 Å². The zero-order valence-corrected chi connectivity index (χ0v) is 11.5. The molecule has 2 rings (SSSR count). The Balaban J connectivity index is 2.19. The van der Waals surface area contributed by atoms with Crippen molar-refractivity contribution in [2.24, 2.45) is 0 Å². The van der Waals surface area contributed by atoms with E-state index in [0.29, 0.717) is 18.1 Å². The van der Waals surface area contributed by atoms with Crippen LogP contribution in [-0.4, -0.2) is 18.9 Å². The SMILES string of the molecule is FC(F)COc1ccc2cc(C#CCCCl)ccc2c1. The highest BCUT2D eigenvalue weighted by atomic mass is 35.5. The molecule has 0 heterocycles. The molecule has 0 amide bonds. The zero-order chi connectivity index (χ0) is 14.4. The maximum atomic E-state index is 12.1. The highest BCUT2D eigenvalue weighted by Gasteiger charge is 2.04. The summed E-state index contributed by atoms with van der Waals surface area (Å²) in [6.45, 7) is -0.590. The summed E-state index contributed by atoms with van der Waals surface area (Å²) < 4.78 is 29.2. The van der Waals surface area contributed by atoms with Gasteiger partial charge in [0.2, 0.25) is 0 Å². The van der Waals surface area contributed by atoms with Crippen molar-refractivity contribution in [1.29, 1.82) is 0 Å². The van der Waals surface area contributed by atoms with Gasteiger partial charge in [0.1, 0.15) is 12.4 Å². The third kappa shape index (κ3) is 4.11. The van der Waals surface area contributed by atoms with E-state index in [9.17, 15) is 8.78 Å². The molecule has 104 valence electrons. The number of alkyl halides is 3. The topological polar surface area (TPSA) is 9.23 Å². The van der Waals surface area contributed by atoms with Crippen molar-refractivity contribution < 1.29 is 13.5 Å². The van der Waals surface area contributed by atoms with Crippen molar-refractivity contribution in [3.8, 4) is 17.6 Å². The summed E-state index contributed by atoms with van der Waals surface area (Å²) in [5.41, 5.74) is 0.906. The molecule has 0 aliphatic heterocycles. The predicted molar refractivity (Wildman–Crippen MR) is 77.7 cm³/mol. The molecule has 0 fully saturated rings. The van der Waals surface area contributed by atoms with E-state index in [1.165, 1.54) is 0 Å². The second-order valence-corrected chi connectivity index (χ2v) is 4.54. The van der Waals surface area contributed by atoms with Crippen molar-refractivity contribution in [1.82, 2.24) is 0 Å². The van der Waals surface area contributed by atoms with Crippen molar-refractivity contribution in [3.05, 3.63) is 42.0 Å². The Hall–Kier alpha value is -1.79. The van der Waals surface area contributed by atoms with Gasteiger partial charge in [-0.25, -0.2) is 8.78 Å². The van der Waals surface area contributed by atoms with Gasteiger partial charge in [-0.05, 0) is 35.0 Å². The predicted octanol–water partition coefficient (Wildman–Crippen LogP) is 4.46. The summed E-state index contributed by atoms with van der Waals surface area (Å²) in [6, 6.07) is 11.0. The Kier molecular flexibility index (Phi) is 5.20. The standard InChI is InChI=1S/C16H13ClF2O/c17-8-2-1-3-12-4-5-14-10-15(20-11-16(18)19)7-6-13(14)9-12/h4-7,9-10,16H,2,8,11H2. The van der Waals surface area contributed by atoms with Crippen LogP contribution in [0.15, 0.2) is 36.4 Å². The van der Waals surface area contributed by atoms with Crippen LogP contribution >= 0.6 is 11.6 Å². The molecule has 0 radical (unpaired) electrons. The van der Waals surface area contributed by atoms with Crippen LogP contribution in [0.3, 0.4) is 0 Å². The Bertz CT molecular complexity index is 644. The van der Waals surface area contributed by atoms with E-state index >= 15 is 0 Å². The van der Waals surface area contributed by atoms with Gasteiger partial charge < -0.3 is 4.74 Å². The largest absolute Gasteiger partial charge is 0.488 e. The van der Waals surface area contributed by atoms with Gasteiger partial charge in [-0.1, -0.05) is 24.0 Å². The lowest BCUT2D eigenvalue weighted by Crippen LogP contribution is -2.06. The normalized spacial score (nSPS) is 10.4. The van der Waals surface area contributed by atoms with Crippen LogP contribution in [-0.2, 0) is 0 Å². The fourth-order valence-electron chi connectivity index (χ4n) is 1.76. The molecule has 2 aromatic rings. The van der Waals surface area contributed by atoms with E-state index < -0.39 is 13.0 Å². The van der Waals surface area contributed by atoms with Gasteiger partial charge in [0.25, 0.3) is 6.43 Å². The smallest absolute Gasteiger partial charge is 0.272 e. The molecule has 1 nitrogen and oxygen atoms in total. The maximum absolute atomic E-state index is 12.1. The van der Waals surface area contributed by atoms with E-state index in [1.807, 2.05) is 24.3 Å². The van der Waals surface area contributed by atoms with Gasteiger partial charge in [-0.15, -0.1) is 11.6 Å². The Morgan fingerprint density at radius 3 is 2.60 bits per heavy atom. The molecule has 0 saturated carbocycles. The number of hydrogen-bond acceptors (Lipinski definition) is 1. The third-order valence-electron chi connectivity index (χ3n) is 2.64. The molecular weight excluding hydrogens is 282 g/mol. The highest BCUT2D eigenvalue weighted by molar-refractivity contribution is 6.18. The Labute approximate surface area is 121 Å². The number of rotatable bonds is 4. The average molecular weight is 295 g/mol. The monoisotopic (exact) mass is 294 g/mol. The number of hydrogen-bond donors (Lipinski definition) is 0. The van der Waals surface area contributed by atoms with Crippen molar-refractivity contribution in [3.63, 3.8) is 0 Å². The van der Waals surface area contributed by atoms with Crippen molar-refractivity contribution >= 4 is 22.4 Å². The summed E-state index contributed by atoms with van der Waals surface area (Å²) in [5.74, 6) is 6.96. The molecule has 2 aromatic carbocycles. The minimum absolute atomic E-state index is 0.443. The summed E-state index contributed by atoms with van der Waals surface area (Å²) in [6.07, 6.45) is -1.81. The Morgan fingerprint density at radius 2 is 1.85 bits per heavy atom. The first-order chi connectivity index (χ1) is 9.69. The summed E-state index contributed by atoms with van der Waals surface area (Å²) in [5, 5.41) is 1.92. The third-order valence-corrected chi connectivity index (χ3v) is 2.83. The van der Waals surface area contributed by atoms with E-state index in [-0.39, 0.29) is 0 Å². The molecule has 0 unspecified atom stereocenters. The minimum atomic E-state index is -2.47. The maximum Gasteiger partial charge on any atom is 0.272 e. The fourth-order valence-corrected chi connectivity index (χ4v) is 1.86. The number of halogens is 3. The highest BCUT2D eigenvalue weighted by Crippen LogP contribution is 2.22. The molecule has 0 aromatic heterocycles. The Morgan fingerprint density at radius 1 is 1.10 bits per heavy atom. The quantitative estimate of drug-likeness (QED) is 0.597. The van der Waals surface area contributed by atoms with Gasteiger partial charge in [0.05, 0.1) is 0 Å². The summed E-state index contributed by atoms with van der Waals surface area (Å²) in [4.78, 5) is 0. The van der Waals surface area contributed by atoms with Crippen molar-refractivity contribution in [2.45, 2.75) is 12.8 Å². The average Bonchev–Trinajstić information content (AvgIpc) is 2.45. The van der Waals surface area contributed by atoms with Crippen LogP contribution in [0.5, 0.6) is 5.75 Å². The van der Waals surface area contributed by atoms with Crippen LogP contribution in [0.4, 0.5) is 8.78 Å². The van der Waals surface area contributed by atoms with Gasteiger partial charge >= 0.3 is 0 Å². The first-order valence-electron chi connectivity index (χ1n) is 6.18. The zero-order valence-electron chi connectivity index (χ0n) is 10.7. The lowest BCUT2D eigenvalue weighted by molar-refractivity contribution is 0.0820. The van der Waals surface area contributed by atoms with E-state index in [4.69, 9.17) is 16.3 Å². The number of ether oxygens (including phenoxy) is 1. The first-order valence-corrected chi connectivity index (χ1v) is 6.72. The van der Waals surface area contributed by atoms with E-state index in [0.717, 1.165) is 16.3 Å². The molecule has 0 saturated heterocycles. The van der Waals surface area contributed by atoms with Gasteiger partial charge in [0.15, 0.2) is 0 Å². The van der Waals surface area contributed by atoms with Gasteiger partial charge in [-0.2, -0.15) is 0 Å². The molecule has 20 heavy (non-hydrogen) atoms. The van der Waals surface area contributed by atoms with Crippen LogP contribution in [0.2, 0.25) is 0 Å². The summed E-state index contributed by atoms with van der Waals surface area (Å²) >= 11 is 5.56. The minimum Gasteiger partial charge on any atom is -0.488 e. The molecule has 0 bridgehead atoms. The molecule has 0 atom stereocenters. The summed E-state index contributed by atoms with van der Waals surface area (Å²) in [7, 11) is 0. The van der Waals surface area contributed by atoms with Crippen molar-refractivity contribution in [2.75, 3.05) is 12.5 Å². The second-order valence-electron chi connectivity index (χ2n) is 4.17. The van der Waals surface area contributed by atoms with Crippen LogP contribution in [0.25, 0.3) is 10.8 Å². The van der Waals surface area contributed by atoms with E-state index in [1.54, 1.807) is 12.1 Å². The molecular formula is C16H13ClF2O. The second kappa shape index (κ2) is 7.12. The van der Waals surface area contributed by atoms with Crippen LogP contribution < -0.4 is 4.74 Å². The molecule has 0 aliphatic rings. The molecule has 0 aliphatic carbocycles. The fraction of sp³-hybridized carbons (Fsp3) is 0.250. The van der Waals surface area contributed by atoms with Crippen LogP contribution in [0.1, 0.15) is 12.0 Å². The number of benzene rings is 2. The molecule has 0 N–H and O–H groups in total.